The standard InChI is InChI=1S/C21H26O3/c1-20(2,3)14-11-16(19(24)17(12-14)21(4,5)6)18(23)13-7-9-15(22)10-8-13/h7-12,22,24H,1-6H3. The molecule has 3 heteroatoms. The largest absolute Gasteiger partial charge is 0.508 e. The fourth-order valence-corrected chi connectivity index (χ4v) is 2.58. The van der Waals surface area contributed by atoms with Crippen LogP contribution >= 0.6 is 0 Å². The molecule has 2 rings (SSSR count). The maximum Gasteiger partial charge on any atom is 0.196 e. The molecule has 0 aliphatic carbocycles. The van der Waals surface area contributed by atoms with Crippen molar-refractivity contribution in [1.82, 2.24) is 0 Å². The second-order valence-corrected chi connectivity index (χ2v) is 8.30. The van der Waals surface area contributed by atoms with Gasteiger partial charge in [0.2, 0.25) is 0 Å². The van der Waals surface area contributed by atoms with Crippen LogP contribution in [0, 0.1) is 0 Å². The van der Waals surface area contributed by atoms with Crippen molar-refractivity contribution < 1.29 is 15.0 Å². The van der Waals surface area contributed by atoms with E-state index in [1.807, 2.05) is 26.8 Å². The van der Waals surface area contributed by atoms with Gasteiger partial charge in [0.15, 0.2) is 5.78 Å². The Hall–Kier alpha value is -2.29. The van der Waals surface area contributed by atoms with Crippen LogP contribution in [0.1, 0.15) is 68.6 Å². The van der Waals surface area contributed by atoms with E-state index in [2.05, 4.69) is 20.8 Å². The van der Waals surface area contributed by atoms with E-state index in [-0.39, 0.29) is 28.1 Å². The molecule has 0 heterocycles. The number of hydrogen-bond acceptors (Lipinski definition) is 3. The van der Waals surface area contributed by atoms with Crippen LogP contribution in [0.2, 0.25) is 0 Å². The molecule has 0 atom stereocenters. The third-order valence-electron chi connectivity index (χ3n) is 4.16. The van der Waals surface area contributed by atoms with Crippen LogP contribution in [-0.4, -0.2) is 16.0 Å². The van der Waals surface area contributed by atoms with E-state index in [0.717, 1.165) is 11.1 Å². The molecule has 2 N–H and O–H groups in total. The first-order chi connectivity index (χ1) is 10.9. The molecular formula is C21H26O3. The summed E-state index contributed by atoms with van der Waals surface area (Å²) in [6, 6.07) is 9.85. The molecule has 0 unspecified atom stereocenters. The fourth-order valence-electron chi connectivity index (χ4n) is 2.58. The molecular weight excluding hydrogens is 300 g/mol. The monoisotopic (exact) mass is 326 g/mol. The van der Waals surface area contributed by atoms with Crippen molar-refractivity contribution >= 4 is 5.78 Å². The van der Waals surface area contributed by atoms with Crippen molar-refractivity contribution in [2.75, 3.05) is 0 Å². The number of aromatic hydroxyl groups is 2. The van der Waals surface area contributed by atoms with Crippen LogP contribution < -0.4 is 0 Å². The van der Waals surface area contributed by atoms with E-state index in [1.54, 1.807) is 18.2 Å². The minimum absolute atomic E-state index is 0.0357. The van der Waals surface area contributed by atoms with Gasteiger partial charge in [-0.05, 0) is 46.7 Å². The normalized spacial score (nSPS) is 12.2. The molecule has 0 aliphatic heterocycles. The Labute approximate surface area is 144 Å². The van der Waals surface area contributed by atoms with E-state index in [0.29, 0.717) is 11.1 Å². The SMILES string of the molecule is CC(C)(C)c1cc(C(=O)c2ccc(O)cc2)c(O)c(C(C)(C)C)c1. The number of phenols is 2. The summed E-state index contributed by atoms with van der Waals surface area (Å²) in [5, 5.41) is 20.1. The molecule has 0 saturated carbocycles. The molecule has 0 bridgehead atoms. The van der Waals surface area contributed by atoms with Crippen molar-refractivity contribution in [2.45, 2.75) is 52.4 Å². The van der Waals surface area contributed by atoms with Crippen LogP contribution in [0.4, 0.5) is 0 Å². The highest BCUT2D eigenvalue weighted by molar-refractivity contribution is 6.11. The summed E-state index contributed by atoms with van der Waals surface area (Å²) in [5.74, 6) is -0.104. The van der Waals surface area contributed by atoms with Gasteiger partial charge in [0.25, 0.3) is 0 Å². The lowest BCUT2D eigenvalue weighted by molar-refractivity contribution is 0.103. The average molecular weight is 326 g/mol. The maximum absolute atomic E-state index is 12.9. The van der Waals surface area contributed by atoms with Crippen LogP contribution in [-0.2, 0) is 10.8 Å². The predicted molar refractivity (Wildman–Crippen MR) is 97.0 cm³/mol. The van der Waals surface area contributed by atoms with E-state index >= 15 is 0 Å². The highest BCUT2D eigenvalue weighted by Gasteiger charge is 2.27. The number of carbonyl (C=O) groups excluding carboxylic acids is 1. The molecule has 24 heavy (non-hydrogen) atoms. The second-order valence-electron chi connectivity index (χ2n) is 8.30. The summed E-state index contributed by atoms with van der Waals surface area (Å²) in [7, 11) is 0. The molecule has 0 saturated heterocycles. The van der Waals surface area contributed by atoms with E-state index in [4.69, 9.17) is 0 Å². The molecule has 128 valence electrons. The zero-order valence-corrected chi connectivity index (χ0v) is 15.3. The molecule has 0 radical (unpaired) electrons. The van der Waals surface area contributed by atoms with E-state index < -0.39 is 0 Å². The molecule has 0 aliphatic rings. The lowest BCUT2D eigenvalue weighted by Crippen LogP contribution is -2.18. The minimum atomic E-state index is -0.282. The van der Waals surface area contributed by atoms with Gasteiger partial charge in [-0.25, -0.2) is 0 Å². The van der Waals surface area contributed by atoms with E-state index in [1.165, 1.54) is 12.1 Å². The Bertz CT molecular complexity index is 757. The van der Waals surface area contributed by atoms with Crippen molar-refractivity contribution in [1.29, 1.82) is 0 Å². The molecule has 2 aromatic carbocycles. The van der Waals surface area contributed by atoms with Gasteiger partial charge in [0.1, 0.15) is 11.5 Å². The number of benzene rings is 2. The van der Waals surface area contributed by atoms with Gasteiger partial charge in [-0.1, -0.05) is 47.6 Å². The number of hydrogen-bond donors (Lipinski definition) is 2. The first-order valence-electron chi connectivity index (χ1n) is 8.13. The Balaban J connectivity index is 2.68. The molecule has 3 nitrogen and oxygen atoms in total. The summed E-state index contributed by atoms with van der Waals surface area (Å²) in [6.45, 7) is 12.3. The predicted octanol–water partition coefficient (Wildman–Crippen LogP) is 4.92. The summed E-state index contributed by atoms with van der Waals surface area (Å²) in [4.78, 5) is 12.9. The van der Waals surface area contributed by atoms with Crippen LogP contribution in [0.3, 0.4) is 0 Å². The molecule has 0 amide bonds. The average Bonchev–Trinajstić information content (AvgIpc) is 2.45. The van der Waals surface area contributed by atoms with Crippen LogP contribution in [0.15, 0.2) is 36.4 Å². The van der Waals surface area contributed by atoms with Crippen molar-refractivity contribution in [3.05, 3.63) is 58.7 Å². The van der Waals surface area contributed by atoms with Crippen molar-refractivity contribution in [2.24, 2.45) is 0 Å². The molecule has 0 fully saturated rings. The van der Waals surface area contributed by atoms with Gasteiger partial charge in [0.05, 0.1) is 5.56 Å². The van der Waals surface area contributed by atoms with E-state index in [9.17, 15) is 15.0 Å². The first-order valence-corrected chi connectivity index (χ1v) is 8.13. The Morgan fingerprint density at radius 2 is 1.38 bits per heavy atom. The number of ketones is 1. The van der Waals surface area contributed by atoms with Crippen LogP contribution in [0.25, 0.3) is 0 Å². The third-order valence-corrected chi connectivity index (χ3v) is 4.16. The highest BCUT2D eigenvalue weighted by atomic mass is 16.3. The van der Waals surface area contributed by atoms with Gasteiger partial charge >= 0.3 is 0 Å². The Morgan fingerprint density at radius 1 is 0.833 bits per heavy atom. The quantitative estimate of drug-likeness (QED) is 0.770. The summed E-state index contributed by atoms with van der Waals surface area (Å²) in [6.07, 6.45) is 0. The van der Waals surface area contributed by atoms with Crippen molar-refractivity contribution in [3.8, 4) is 11.5 Å². The second kappa shape index (κ2) is 5.97. The van der Waals surface area contributed by atoms with Crippen molar-refractivity contribution in [3.63, 3.8) is 0 Å². The number of phenolic OH excluding ortho intramolecular Hbond substituents is 2. The zero-order valence-electron chi connectivity index (χ0n) is 15.3. The van der Waals surface area contributed by atoms with Gasteiger partial charge in [-0.2, -0.15) is 0 Å². The minimum Gasteiger partial charge on any atom is -0.508 e. The Morgan fingerprint density at radius 3 is 1.83 bits per heavy atom. The summed E-state index contributed by atoms with van der Waals surface area (Å²) < 4.78 is 0. The summed E-state index contributed by atoms with van der Waals surface area (Å²) in [5.41, 5.74) is 2.09. The van der Waals surface area contributed by atoms with Gasteiger partial charge < -0.3 is 10.2 Å². The lowest BCUT2D eigenvalue weighted by Gasteiger charge is -2.27. The van der Waals surface area contributed by atoms with Gasteiger partial charge in [-0.3, -0.25) is 4.79 Å². The maximum atomic E-state index is 12.9. The topological polar surface area (TPSA) is 57.5 Å². The fraction of sp³-hybridized carbons (Fsp3) is 0.381. The molecule has 0 spiro atoms. The lowest BCUT2D eigenvalue weighted by atomic mass is 9.78. The molecule has 2 aromatic rings. The number of carbonyl (C=O) groups is 1. The first kappa shape index (κ1) is 18.1. The summed E-state index contributed by atoms with van der Waals surface area (Å²) >= 11 is 0. The smallest absolute Gasteiger partial charge is 0.196 e. The Kier molecular flexibility index (Phi) is 4.49. The van der Waals surface area contributed by atoms with Gasteiger partial charge in [-0.15, -0.1) is 0 Å². The molecule has 0 aromatic heterocycles. The zero-order chi connectivity index (χ0) is 18.3. The number of rotatable bonds is 2. The third kappa shape index (κ3) is 3.61. The highest BCUT2D eigenvalue weighted by Crippen LogP contribution is 2.38. The van der Waals surface area contributed by atoms with Gasteiger partial charge in [0, 0.05) is 11.1 Å². The van der Waals surface area contributed by atoms with Crippen LogP contribution in [0.5, 0.6) is 11.5 Å².